The summed E-state index contributed by atoms with van der Waals surface area (Å²) in [6.07, 6.45) is 0.861. The molecule has 0 saturated heterocycles. The number of hydrogen-bond acceptors (Lipinski definition) is 2. The predicted molar refractivity (Wildman–Crippen MR) is 55.1 cm³/mol. The lowest BCUT2D eigenvalue weighted by Crippen LogP contribution is -2.17. The second kappa shape index (κ2) is 4.77. The van der Waals surface area contributed by atoms with Crippen molar-refractivity contribution < 1.29 is 9.90 Å². The Morgan fingerprint density at radius 3 is 2.71 bits per heavy atom. The van der Waals surface area contributed by atoms with Crippen molar-refractivity contribution in [2.45, 2.75) is 25.8 Å². The Morgan fingerprint density at radius 2 is 2.14 bits per heavy atom. The summed E-state index contributed by atoms with van der Waals surface area (Å²) >= 11 is 0. The molecule has 0 saturated carbocycles. The molecule has 3 nitrogen and oxygen atoms in total. The van der Waals surface area contributed by atoms with Gasteiger partial charge in [-0.2, -0.15) is 0 Å². The average Bonchev–Trinajstić information content (AvgIpc) is 2.01. The zero-order chi connectivity index (χ0) is 10.6. The molecule has 0 fully saturated rings. The molecule has 0 unspecified atom stereocenters. The van der Waals surface area contributed by atoms with E-state index in [4.69, 9.17) is 10.8 Å². The van der Waals surface area contributed by atoms with Crippen LogP contribution in [0.1, 0.15) is 18.1 Å². The number of carboxylic acid groups (broad SMARTS) is 1. The van der Waals surface area contributed by atoms with Gasteiger partial charge >= 0.3 is 5.97 Å². The highest BCUT2D eigenvalue weighted by Crippen LogP contribution is 2.07. The van der Waals surface area contributed by atoms with Gasteiger partial charge in [-0.3, -0.25) is 4.79 Å². The van der Waals surface area contributed by atoms with E-state index in [1.54, 1.807) is 0 Å². The molecule has 1 atom stereocenters. The lowest BCUT2D eigenvalue weighted by Gasteiger charge is -2.06. The number of nitrogens with two attached hydrogens (primary N) is 1. The molecule has 0 heterocycles. The van der Waals surface area contributed by atoms with Gasteiger partial charge in [0.05, 0.1) is 6.42 Å². The van der Waals surface area contributed by atoms with Crippen LogP contribution in [-0.2, 0) is 17.6 Å². The van der Waals surface area contributed by atoms with E-state index in [1.165, 1.54) is 0 Å². The second-order valence-corrected chi connectivity index (χ2v) is 3.57. The van der Waals surface area contributed by atoms with Crippen LogP contribution in [-0.4, -0.2) is 17.1 Å². The lowest BCUT2D eigenvalue weighted by atomic mass is 10.0. The van der Waals surface area contributed by atoms with Crippen molar-refractivity contribution in [1.82, 2.24) is 0 Å². The molecule has 3 N–H and O–H groups in total. The predicted octanol–water partition coefficient (Wildman–Crippen LogP) is 1.20. The van der Waals surface area contributed by atoms with Crippen molar-refractivity contribution in [3.63, 3.8) is 0 Å². The molecule has 3 heteroatoms. The van der Waals surface area contributed by atoms with E-state index >= 15 is 0 Å². The van der Waals surface area contributed by atoms with Crippen molar-refractivity contribution in [2.75, 3.05) is 0 Å². The van der Waals surface area contributed by atoms with E-state index in [9.17, 15) is 4.79 Å². The SMILES string of the molecule is C[C@H](N)Cc1cccc(CC(=O)O)c1. The summed E-state index contributed by atoms with van der Waals surface area (Å²) in [5.41, 5.74) is 7.58. The second-order valence-electron chi connectivity index (χ2n) is 3.57. The van der Waals surface area contributed by atoms with Crippen molar-refractivity contribution >= 4 is 5.97 Å². The fourth-order valence-electron chi connectivity index (χ4n) is 1.41. The van der Waals surface area contributed by atoms with Crippen LogP contribution in [0.2, 0.25) is 0 Å². The minimum absolute atomic E-state index is 0.0762. The van der Waals surface area contributed by atoms with Gasteiger partial charge in [-0.15, -0.1) is 0 Å². The van der Waals surface area contributed by atoms with E-state index in [0.29, 0.717) is 0 Å². The normalized spacial score (nSPS) is 12.4. The largest absolute Gasteiger partial charge is 0.481 e. The van der Waals surface area contributed by atoms with Crippen molar-refractivity contribution in [2.24, 2.45) is 5.73 Å². The van der Waals surface area contributed by atoms with Crippen molar-refractivity contribution in [1.29, 1.82) is 0 Å². The first kappa shape index (κ1) is 10.7. The quantitative estimate of drug-likeness (QED) is 0.755. The molecule has 0 aromatic heterocycles. The Hall–Kier alpha value is -1.35. The fourth-order valence-corrected chi connectivity index (χ4v) is 1.41. The van der Waals surface area contributed by atoms with Crippen LogP contribution in [0.4, 0.5) is 0 Å². The van der Waals surface area contributed by atoms with E-state index in [-0.39, 0.29) is 12.5 Å². The zero-order valence-corrected chi connectivity index (χ0v) is 8.23. The number of hydrogen-bond donors (Lipinski definition) is 2. The topological polar surface area (TPSA) is 63.3 Å². The highest BCUT2D eigenvalue weighted by Gasteiger charge is 2.02. The Balaban J connectivity index is 2.73. The van der Waals surface area contributed by atoms with Gasteiger partial charge in [-0.1, -0.05) is 24.3 Å². The number of rotatable bonds is 4. The summed E-state index contributed by atoms with van der Waals surface area (Å²) in [6, 6.07) is 7.66. The fraction of sp³-hybridized carbons (Fsp3) is 0.364. The maximum atomic E-state index is 10.5. The van der Waals surface area contributed by atoms with Crippen LogP contribution >= 0.6 is 0 Å². The molecular weight excluding hydrogens is 178 g/mol. The molecule has 0 radical (unpaired) electrons. The Kier molecular flexibility index (Phi) is 3.65. The summed E-state index contributed by atoms with van der Waals surface area (Å²) in [7, 11) is 0. The molecular formula is C11H15NO2. The number of carbonyl (C=O) groups is 1. The van der Waals surface area contributed by atoms with Gasteiger partial charge in [0, 0.05) is 6.04 Å². The summed E-state index contributed by atoms with van der Waals surface area (Å²) in [6.45, 7) is 1.93. The van der Waals surface area contributed by atoms with Gasteiger partial charge in [0.15, 0.2) is 0 Å². The third-order valence-corrected chi connectivity index (χ3v) is 1.90. The lowest BCUT2D eigenvalue weighted by molar-refractivity contribution is -0.136. The van der Waals surface area contributed by atoms with E-state index in [2.05, 4.69) is 0 Å². The smallest absolute Gasteiger partial charge is 0.307 e. The van der Waals surface area contributed by atoms with Gasteiger partial charge in [0.1, 0.15) is 0 Å². The van der Waals surface area contributed by atoms with E-state index in [0.717, 1.165) is 17.5 Å². The molecule has 1 aromatic carbocycles. The third kappa shape index (κ3) is 3.58. The number of carboxylic acids is 1. The van der Waals surface area contributed by atoms with Crippen LogP contribution in [0.25, 0.3) is 0 Å². The average molecular weight is 193 g/mol. The van der Waals surface area contributed by atoms with Crippen LogP contribution in [0.15, 0.2) is 24.3 Å². The first-order chi connectivity index (χ1) is 6.58. The minimum atomic E-state index is -0.803. The maximum Gasteiger partial charge on any atom is 0.307 e. The molecule has 0 aliphatic heterocycles. The summed E-state index contributed by atoms with van der Waals surface area (Å²) in [5, 5.41) is 8.61. The maximum absolute atomic E-state index is 10.5. The third-order valence-electron chi connectivity index (χ3n) is 1.90. The monoisotopic (exact) mass is 193 g/mol. The molecule has 0 bridgehead atoms. The highest BCUT2D eigenvalue weighted by molar-refractivity contribution is 5.70. The van der Waals surface area contributed by atoms with Gasteiger partial charge < -0.3 is 10.8 Å². The van der Waals surface area contributed by atoms with Gasteiger partial charge in [-0.25, -0.2) is 0 Å². The number of aliphatic carboxylic acids is 1. The van der Waals surface area contributed by atoms with Crippen molar-refractivity contribution in [3.05, 3.63) is 35.4 Å². The van der Waals surface area contributed by atoms with E-state index in [1.807, 2.05) is 31.2 Å². The van der Waals surface area contributed by atoms with Crippen LogP contribution < -0.4 is 5.73 Å². The summed E-state index contributed by atoms with van der Waals surface area (Å²) in [4.78, 5) is 10.5. The standard InChI is InChI=1S/C11H15NO2/c1-8(12)5-9-3-2-4-10(6-9)7-11(13)14/h2-4,6,8H,5,7,12H2,1H3,(H,13,14)/t8-/m0/s1. The van der Waals surface area contributed by atoms with Crippen LogP contribution in [0.5, 0.6) is 0 Å². The Morgan fingerprint density at radius 1 is 1.50 bits per heavy atom. The van der Waals surface area contributed by atoms with Gasteiger partial charge in [0.2, 0.25) is 0 Å². The molecule has 0 aliphatic carbocycles. The van der Waals surface area contributed by atoms with Gasteiger partial charge in [-0.05, 0) is 24.5 Å². The molecule has 1 rings (SSSR count). The summed E-state index contributed by atoms with van der Waals surface area (Å²) < 4.78 is 0. The molecule has 1 aromatic rings. The summed E-state index contributed by atoms with van der Waals surface area (Å²) in [5.74, 6) is -0.803. The van der Waals surface area contributed by atoms with Crippen LogP contribution in [0, 0.1) is 0 Å². The highest BCUT2D eigenvalue weighted by atomic mass is 16.4. The molecule has 76 valence electrons. The zero-order valence-electron chi connectivity index (χ0n) is 8.23. The van der Waals surface area contributed by atoms with E-state index < -0.39 is 5.97 Å². The minimum Gasteiger partial charge on any atom is -0.481 e. The molecule has 0 spiro atoms. The van der Waals surface area contributed by atoms with Crippen LogP contribution in [0.3, 0.4) is 0 Å². The first-order valence-corrected chi connectivity index (χ1v) is 4.63. The Bertz CT molecular complexity index is 321. The molecule has 0 amide bonds. The van der Waals surface area contributed by atoms with Crippen molar-refractivity contribution in [3.8, 4) is 0 Å². The van der Waals surface area contributed by atoms with Gasteiger partial charge in [0.25, 0.3) is 0 Å². The molecule has 0 aliphatic rings. The molecule has 14 heavy (non-hydrogen) atoms. The Labute approximate surface area is 83.6 Å². The number of benzene rings is 1. The first-order valence-electron chi connectivity index (χ1n) is 4.63.